The molecule has 2 aromatic rings. The Morgan fingerprint density at radius 2 is 1.75 bits per heavy atom. The first-order valence-electron chi connectivity index (χ1n) is 6.73. The second kappa shape index (κ2) is 4.94. The van der Waals surface area contributed by atoms with Crippen LogP contribution in [-0.4, -0.2) is 5.25 Å². The molecule has 4 rings (SSSR count). The quantitative estimate of drug-likeness (QED) is 0.645. The Hall–Kier alpha value is -1.25. The van der Waals surface area contributed by atoms with Crippen molar-refractivity contribution in [1.82, 2.24) is 0 Å². The molecule has 0 aromatic heterocycles. The van der Waals surface area contributed by atoms with Crippen molar-refractivity contribution in [3.63, 3.8) is 0 Å². The summed E-state index contributed by atoms with van der Waals surface area (Å²) in [7, 11) is 0. The summed E-state index contributed by atoms with van der Waals surface area (Å²) in [4.78, 5) is 1.43. The Bertz CT molecular complexity index is 712. The zero-order valence-corrected chi connectivity index (χ0v) is 13.2. The van der Waals surface area contributed by atoms with E-state index in [4.69, 9.17) is 0 Å². The summed E-state index contributed by atoms with van der Waals surface area (Å²) in [6.45, 7) is 0. The molecule has 0 bridgehead atoms. The van der Waals surface area contributed by atoms with Crippen molar-refractivity contribution in [2.45, 2.75) is 16.1 Å². The number of fused-ring (bicyclic) bond motifs is 3. The predicted molar refractivity (Wildman–Crippen MR) is 90.1 cm³/mol. The zero-order valence-electron chi connectivity index (χ0n) is 10.8. The first kappa shape index (κ1) is 12.5. The minimum absolute atomic E-state index is 0.514. The lowest BCUT2D eigenvalue weighted by Crippen LogP contribution is -2.08. The lowest BCUT2D eigenvalue weighted by Gasteiger charge is -2.19. The van der Waals surface area contributed by atoms with Crippen molar-refractivity contribution in [2.75, 3.05) is 0 Å². The summed E-state index contributed by atoms with van der Waals surface area (Å²) in [5, 5.41) is 0.562. The summed E-state index contributed by atoms with van der Waals surface area (Å²) in [5.41, 5.74) is 4.09. The molecule has 2 unspecified atom stereocenters. The third-order valence-electron chi connectivity index (χ3n) is 3.90. The fourth-order valence-electron chi connectivity index (χ4n) is 2.89. The van der Waals surface area contributed by atoms with Crippen LogP contribution in [0.15, 0.2) is 76.1 Å². The van der Waals surface area contributed by atoms with Gasteiger partial charge in [-0.3, -0.25) is 0 Å². The minimum atomic E-state index is 0.514. The highest BCUT2D eigenvalue weighted by atomic mass is 79.9. The number of thioether (sulfide) groups is 1. The maximum Gasteiger partial charge on any atom is 0.0381 e. The first-order valence-corrected chi connectivity index (χ1v) is 8.40. The van der Waals surface area contributed by atoms with Crippen LogP contribution in [0.5, 0.6) is 0 Å². The summed E-state index contributed by atoms with van der Waals surface area (Å²) in [6.07, 6.45) is 7.04. The van der Waals surface area contributed by atoms with Gasteiger partial charge in [-0.05, 0) is 34.9 Å². The molecular formula is C18H13BrS. The molecule has 2 aliphatic rings. The van der Waals surface area contributed by atoms with Gasteiger partial charge in [0.25, 0.3) is 0 Å². The average molecular weight is 341 g/mol. The highest BCUT2D eigenvalue weighted by Gasteiger charge is 2.31. The summed E-state index contributed by atoms with van der Waals surface area (Å²) >= 11 is 5.48. The van der Waals surface area contributed by atoms with Gasteiger partial charge in [0.05, 0.1) is 0 Å². The molecule has 0 spiro atoms. The smallest absolute Gasteiger partial charge is 0.0381 e. The molecule has 1 aliphatic heterocycles. The molecule has 1 heterocycles. The summed E-state index contributed by atoms with van der Waals surface area (Å²) < 4.78 is 1.13. The van der Waals surface area contributed by atoms with Gasteiger partial charge in [0.15, 0.2) is 0 Å². The second-order valence-corrected chi connectivity index (χ2v) is 7.27. The summed E-state index contributed by atoms with van der Waals surface area (Å²) in [6, 6.07) is 17.3. The van der Waals surface area contributed by atoms with E-state index in [1.165, 1.54) is 21.6 Å². The van der Waals surface area contributed by atoms with E-state index in [-0.39, 0.29) is 0 Å². The van der Waals surface area contributed by atoms with Gasteiger partial charge in [0.2, 0.25) is 0 Å². The van der Waals surface area contributed by atoms with Gasteiger partial charge >= 0.3 is 0 Å². The number of halogens is 1. The van der Waals surface area contributed by atoms with E-state index in [1.807, 2.05) is 11.8 Å². The van der Waals surface area contributed by atoms with Gasteiger partial charge in [-0.1, -0.05) is 64.5 Å². The molecule has 0 radical (unpaired) electrons. The van der Waals surface area contributed by atoms with E-state index >= 15 is 0 Å². The van der Waals surface area contributed by atoms with Crippen molar-refractivity contribution >= 4 is 33.3 Å². The number of rotatable bonds is 1. The van der Waals surface area contributed by atoms with Crippen molar-refractivity contribution in [3.8, 4) is 0 Å². The van der Waals surface area contributed by atoms with Gasteiger partial charge in [0.1, 0.15) is 0 Å². The van der Waals surface area contributed by atoms with Crippen molar-refractivity contribution in [2.24, 2.45) is 0 Å². The van der Waals surface area contributed by atoms with Crippen LogP contribution in [0.4, 0.5) is 0 Å². The molecule has 98 valence electrons. The normalized spacial score (nSPS) is 23.1. The molecule has 0 saturated heterocycles. The van der Waals surface area contributed by atoms with Gasteiger partial charge < -0.3 is 0 Å². The Labute approximate surface area is 131 Å². The molecule has 0 amide bonds. The topological polar surface area (TPSA) is 0 Å². The Morgan fingerprint density at radius 1 is 0.950 bits per heavy atom. The van der Waals surface area contributed by atoms with Crippen LogP contribution in [-0.2, 0) is 0 Å². The second-order valence-electron chi connectivity index (χ2n) is 5.13. The van der Waals surface area contributed by atoms with Crippen LogP contribution in [0.1, 0.15) is 17.0 Å². The van der Waals surface area contributed by atoms with E-state index in [9.17, 15) is 0 Å². The van der Waals surface area contributed by atoms with Crippen LogP contribution >= 0.6 is 27.7 Å². The Kier molecular flexibility index (Phi) is 3.08. The van der Waals surface area contributed by atoms with Crippen LogP contribution in [0.3, 0.4) is 0 Å². The monoisotopic (exact) mass is 340 g/mol. The van der Waals surface area contributed by atoms with Crippen molar-refractivity contribution < 1.29 is 0 Å². The van der Waals surface area contributed by atoms with Gasteiger partial charge in [-0.25, -0.2) is 0 Å². The van der Waals surface area contributed by atoms with Gasteiger partial charge in [-0.15, -0.1) is 11.8 Å². The molecule has 1 aliphatic carbocycles. The largest absolute Gasteiger partial charge is 0.117 e. The zero-order chi connectivity index (χ0) is 13.5. The van der Waals surface area contributed by atoms with Crippen LogP contribution in [0.25, 0.3) is 5.57 Å². The fraction of sp³-hybridized carbons (Fsp3) is 0.111. The lowest BCUT2D eigenvalue weighted by atomic mass is 9.87. The van der Waals surface area contributed by atoms with Crippen molar-refractivity contribution in [3.05, 3.63) is 82.4 Å². The third-order valence-corrected chi connectivity index (χ3v) is 5.77. The molecule has 0 fully saturated rings. The summed E-state index contributed by atoms with van der Waals surface area (Å²) in [5.74, 6) is 0.514. The molecule has 0 N–H and O–H groups in total. The van der Waals surface area contributed by atoms with Crippen LogP contribution in [0.2, 0.25) is 0 Å². The standard InChI is InChI=1S/C18H13BrS/c19-14-8-5-12(6-9-14)13-7-10-18-16(11-13)15-3-1-2-4-17(15)20-18/h1-11,16,18H. The van der Waals surface area contributed by atoms with Crippen LogP contribution in [0, 0.1) is 0 Å². The predicted octanol–water partition coefficient (Wildman–Crippen LogP) is 5.66. The third kappa shape index (κ3) is 2.07. The molecule has 2 heteroatoms. The van der Waals surface area contributed by atoms with Gasteiger partial charge in [-0.2, -0.15) is 0 Å². The maximum atomic E-state index is 3.50. The number of allylic oxidation sites excluding steroid dienone is 3. The van der Waals surface area contributed by atoms with E-state index in [0.717, 1.165) is 4.47 Å². The minimum Gasteiger partial charge on any atom is -0.117 e. The number of hydrogen-bond donors (Lipinski definition) is 0. The fourth-order valence-corrected chi connectivity index (χ4v) is 4.47. The molecule has 0 nitrogen and oxygen atoms in total. The molecule has 0 saturated carbocycles. The first-order chi connectivity index (χ1) is 9.81. The average Bonchev–Trinajstić information content (AvgIpc) is 2.86. The maximum absolute atomic E-state index is 3.50. The van der Waals surface area contributed by atoms with E-state index in [1.54, 1.807) is 0 Å². The highest BCUT2D eigenvalue weighted by molar-refractivity contribution is 9.10. The molecular weight excluding hydrogens is 328 g/mol. The van der Waals surface area contributed by atoms with E-state index < -0.39 is 0 Å². The molecule has 20 heavy (non-hydrogen) atoms. The Balaban J connectivity index is 1.75. The highest BCUT2D eigenvalue weighted by Crippen LogP contribution is 2.49. The van der Waals surface area contributed by atoms with Crippen molar-refractivity contribution in [1.29, 1.82) is 0 Å². The van der Waals surface area contributed by atoms with Gasteiger partial charge in [0, 0.05) is 20.5 Å². The van der Waals surface area contributed by atoms with E-state index in [0.29, 0.717) is 11.2 Å². The van der Waals surface area contributed by atoms with Crippen LogP contribution < -0.4 is 0 Å². The Morgan fingerprint density at radius 3 is 2.60 bits per heavy atom. The number of hydrogen-bond acceptors (Lipinski definition) is 1. The number of benzene rings is 2. The molecule has 2 atom stereocenters. The lowest BCUT2D eigenvalue weighted by molar-refractivity contribution is 0.884. The molecule has 2 aromatic carbocycles. The SMILES string of the molecule is Brc1ccc(C2=CC3c4ccccc4SC3C=C2)cc1. The van der Waals surface area contributed by atoms with E-state index in [2.05, 4.69) is 82.7 Å².